The Morgan fingerprint density at radius 2 is 1.95 bits per heavy atom. The number of ether oxygens (including phenoxy) is 1. The molecule has 19 heavy (non-hydrogen) atoms. The van der Waals surface area contributed by atoms with Crippen LogP contribution in [-0.4, -0.2) is 11.1 Å². The molecule has 0 aromatic carbocycles. The predicted molar refractivity (Wildman–Crippen MR) is 78.1 cm³/mol. The Morgan fingerprint density at radius 1 is 1.26 bits per heavy atom. The van der Waals surface area contributed by atoms with E-state index in [-0.39, 0.29) is 6.04 Å². The van der Waals surface area contributed by atoms with Gasteiger partial charge >= 0.3 is 0 Å². The average Bonchev–Trinajstić information content (AvgIpc) is 2.37. The predicted octanol–water partition coefficient (Wildman–Crippen LogP) is 3.69. The Hall–Kier alpha value is -1.09. The van der Waals surface area contributed by atoms with Crippen molar-refractivity contribution in [2.45, 2.75) is 58.6 Å². The number of hydrogen-bond donors (Lipinski definition) is 1. The normalized spacial score (nSPS) is 28.9. The first-order valence-electron chi connectivity index (χ1n) is 7.46. The maximum atomic E-state index is 6.06. The van der Waals surface area contributed by atoms with Crippen LogP contribution in [0.3, 0.4) is 0 Å². The molecule has 0 radical (unpaired) electrons. The third-order valence-electron chi connectivity index (χ3n) is 4.02. The quantitative estimate of drug-likeness (QED) is 0.900. The van der Waals surface area contributed by atoms with Crippen molar-refractivity contribution in [2.24, 2.45) is 17.6 Å². The average molecular weight is 262 g/mol. The van der Waals surface area contributed by atoms with Gasteiger partial charge in [-0.15, -0.1) is 0 Å². The van der Waals surface area contributed by atoms with Gasteiger partial charge in [-0.2, -0.15) is 0 Å². The van der Waals surface area contributed by atoms with E-state index >= 15 is 0 Å². The van der Waals surface area contributed by atoms with Gasteiger partial charge in [0.2, 0.25) is 0 Å². The molecule has 1 aliphatic carbocycles. The zero-order valence-electron chi connectivity index (χ0n) is 12.3. The van der Waals surface area contributed by atoms with E-state index in [2.05, 4.69) is 25.8 Å². The number of pyridine rings is 1. The largest absolute Gasteiger partial charge is 0.489 e. The van der Waals surface area contributed by atoms with Crippen LogP contribution in [0.15, 0.2) is 18.3 Å². The summed E-state index contributed by atoms with van der Waals surface area (Å²) in [5.41, 5.74) is 6.91. The number of nitrogens with two attached hydrogens (primary N) is 1. The Balaban J connectivity index is 1.95. The molecule has 3 atom stereocenters. The smallest absolute Gasteiger partial charge is 0.138 e. The zero-order valence-corrected chi connectivity index (χ0v) is 12.3. The summed E-state index contributed by atoms with van der Waals surface area (Å²) in [7, 11) is 0. The van der Waals surface area contributed by atoms with Crippen LogP contribution in [0, 0.1) is 11.8 Å². The third-order valence-corrected chi connectivity index (χ3v) is 4.02. The van der Waals surface area contributed by atoms with Gasteiger partial charge in [-0.1, -0.05) is 20.8 Å². The highest BCUT2D eigenvalue weighted by molar-refractivity contribution is 5.21. The van der Waals surface area contributed by atoms with E-state index in [1.54, 1.807) is 0 Å². The topological polar surface area (TPSA) is 48.1 Å². The molecule has 0 spiro atoms. The number of aromatic nitrogens is 1. The van der Waals surface area contributed by atoms with Crippen LogP contribution in [0.4, 0.5) is 0 Å². The minimum Gasteiger partial charge on any atom is -0.489 e. The molecule has 1 heterocycles. The van der Waals surface area contributed by atoms with Crippen molar-refractivity contribution in [3.05, 3.63) is 24.0 Å². The molecule has 1 saturated carbocycles. The molecule has 1 aromatic rings. The summed E-state index contributed by atoms with van der Waals surface area (Å²) in [5, 5.41) is 0. The molecule has 0 amide bonds. The number of nitrogens with zero attached hydrogens (tertiary/aromatic N) is 1. The standard InChI is InChI=1S/C16H26N2O/c1-4-15(17)16-6-5-13(10-18-16)19-14-8-11(2)7-12(3)9-14/h5-6,10-12,14-15H,4,7-9,17H2,1-3H3/t11?,12?,14?,15-/m0/s1. The fourth-order valence-electron chi connectivity index (χ4n) is 3.05. The summed E-state index contributed by atoms with van der Waals surface area (Å²) in [4.78, 5) is 4.40. The lowest BCUT2D eigenvalue weighted by atomic mass is 9.82. The molecule has 1 fully saturated rings. The molecule has 1 aromatic heterocycles. The summed E-state index contributed by atoms with van der Waals surface area (Å²) in [5.74, 6) is 2.39. The Labute approximate surface area is 116 Å². The van der Waals surface area contributed by atoms with Crippen LogP contribution in [-0.2, 0) is 0 Å². The fraction of sp³-hybridized carbons (Fsp3) is 0.688. The van der Waals surface area contributed by atoms with Crippen molar-refractivity contribution in [3.63, 3.8) is 0 Å². The third kappa shape index (κ3) is 3.93. The van der Waals surface area contributed by atoms with Gasteiger partial charge in [0.15, 0.2) is 0 Å². The second kappa shape index (κ2) is 6.38. The molecule has 3 nitrogen and oxygen atoms in total. The summed E-state index contributed by atoms with van der Waals surface area (Å²) in [6, 6.07) is 4.02. The molecule has 2 unspecified atom stereocenters. The minimum absolute atomic E-state index is 0.0313. The highest BCUT2D eigenvalue weighted by Gasteiger charge is 2.25. The molecule has 2 N–H and O–H groups in total. The van der Waals surface area contributed by atoms with Crippen molar-refractivity contribution in [1.29, 1.82) is 0 Å². The summed E-state index contributed by atoms with van der Waals surface area (Å²) >= 11 is 0. The molecule has 0 aliphatic heterocycles. The van der Waals surface area contributed by atoms with Crippen LogP contribution >= 0.6 is 0 Å². The van der Waals surface area contributed by atoms with E-state index in [9.17, 15) is 0 Å². The van der Waals surface area contributed by atoms with Crippen LogP contribution in [0.2, 0.25) is 0 Å². The minimum atomic E-state index is 0.0313. The van der Waals surface area contributed by atoms with Gasteiger partial charge in [0.05, 0.1) is 18.0 Å². The van der Waals surface area contributed by atoms with Gasteiger partial charge < -0.3 is 10.5 Å². The van der Waals surface area contributed by atoms with E-state index in [0.29, 0.717) is 6.10 Å². The lowest BCUT2D eigenvalue weighted by Gasteiger charge is -2.31. The van der Waals surface area contributed by atoms with Crippen molar-refractivity contribution < 1.29 is 4.74 Å². The van der Waals surface area contributed by atoms with E-state index in [1.165, 1.54) is 6.42 Å². The maximum Gasteiger partial charge on any atom is 0.138 e. The monoisotopic (exact) mass is 262 g/mol. The molecule has 0 saturated heterocycles. The summed E-state index contributed by atoms with van der Waals surface area (Å²) < 4.78 is 6.06. The van der Waals surface area contributed by atoms with E-state index in [1.807, 2.05) is 18.3 Å². The fourth-order valence-corrected chi connectivity index (χ4v) is 3.05. The van der Waals surface area contributed by atoms with Gasteiger partial charge in [-0.05, 0) is 49.7 Å². The van der Waals surface area contributed by atoms with Crippen LogP contribution in [0.25, 0.3) is 0 Å². The van der Waals surface area contributed by atoms with Gasteiger partial charge in [0.25, 0.3) is 0 Å². The van der Waals surface area contributed by atoms with E-state index < -0.39 is 0 Å². The maximum absolute atomic E-state index is 6.06. The highest BCUT2D eigenvalue weighted by Crippen LogP contribution is 2.31. The first-order chi connectivity index (χ1) is 9.08. The second-order valence-corrected chi connectivity index (χ2v) is 6.09. The molecule has 1 aliphatic rings. The SMILES string of the molecule is CC[C@H](N)c1ccc(OC2CC(C)CC(C)C2)cn1. The van der Waals surface area contributed by atoms with Gasteiger partial charge in [-0.3, -0.25) is 4.98 Å². The lowest BCUT2D eigenvalue weighted by Crippen LogP contribution is -2.28. The lowest BCUT2D eigenvalue weighted by molar-refractivity contribution is 0.101. The molecular weight excluding hydrogens is 236 g/mol. The Kier molecular flexibility index (Phi) is 4.81. The second-order valence-electron chi connectivity index (χ2n) is 6.09. The van der Waals surface area contributed by atoms with Crippen LogP contribution < -0.4 is 10.5 Å². The van der Waals surface area contributed by atoms with Crippen molar-refractivity contribution in [2.75, 3.05) is 0 Å². The van der Waals surface area contributed by atoms with E-state index in [4.69, 9.17) is 10.5 Å². The van der Waals surface area contributed by atoms with Gasteiger partial charge in [0, 0.05) is 6.04 Å². The van der Waals surface area contributed by atoms with Crippen LogP contribution in [0.5, 0.6) is 5.75 Å². The zero-order chi connectivity index (χ0) is 13.8. The molecule has 106 valence electrons. The number of rotatable bonds is 4. The Morgan fingerprint density at radius 3 is 2.47 bits per heavy atom. The van der Waals surface area contributed by atoms with Crippen molar-refractivity contribution >= 4 is 0 Å². The van der Waals surface area contributed by atoms with Crippen molar-refractivity contribution in [3.8, 4) is 5.75 Å². The number of hydrogen-bond acceptors (Lipinski definition) is 3. The first-order valence-corrected chi connectivity index (χ1v) is 7.46. The molecule has 0 bridgehead atoms. The van der Waals surface area contributed by atoms with Gasteiger partial charge in [0.1, 0.15) is 5.75 Å². The van der Waals surface area contributed by atoms with Crippen molar-refractivity contribution in [1.82, 2.24) is 4.98 Å². The molecule has 3 heteroatoms. The summed E-state index contributed by atoms with van der Waals surface area (Å²) in [6.45, 7) is 6.70. The molecule has 2 rings (SSSR count). The highest BCUT2D eigenvalue weighted by atomic mass is 16.5. The Bertz CT molecular complexity index is 380. The van der Waals surface area contributed by atoms with E-state index in [0.717, 1.165) is 42.5 Å². The van der Waals surface area contributed by atoms with Gasteiger partial charge in [-0.25, -0.2) is 0 Å². The summed E-state index contributed by atoms with van der Waals surface area (Å²) in [6.07, 6.45) is 6.69. The molecular formula is C16H26N2O. The van der Waals surface area contributed by atoms with Crippen LogP contribution in [0.1, 0.15) is 58.2 Å². The first kappa shape index (κ1) is 14.3.